The Morgan fingerprint density at radius 3 is 2.62 bits per heavy atom. The molecule has 1 rings (SSSR count). The Balaban J connectivity index is 2.76. The van der Waals surface area contributed by atoms with Crippen LogP contribution in [0.4, 0.5) is 0 Å². The zero-order valence-corrected chi connectivity index (χ0v) is 6.06. The summed E-state index contributed by atoms with van der Waals surface area (Å²) in [6, 6.07) is 0. The van der Waals surface area contributed by atoms with Gasteiger partial charge in [0.1, 0.15) is 22.7 Å². The monoisotopic (exact) mass is 168 g/mol. The molecule has 0 N–H and O–H groups in total. The highest BCUT2D eigenvalue weighted by molar-refractivity contribution is 8.00. The van der Waals surface area contributed by atoms with Crippen LogP contribution in [0.3, 0.4) is 0 Å². The summed E-state index contributed by atoms with van der Waals surface area (Å²) in [5, 5.41) is 0.530. The maximum atomic E-state index is 5.53. The lowest BCUT2D eigenvalue weighted by Gasteiger charge is -2.01. The van der Waals surface area contributed by atoms with Crippen molar-refractivity contribution in [2.75, 3.05) is 0 Å². The molecule has 0 aromatic heterocycles. The summed E-state index contributed by atoms with van der Waals surface area (Å²) in [6.45, 7) is 0. The summed E-state index contributed by atoms with van der Waals surface area (Å²) in [4.78, 5) is 0. The maximum absolute atomic E-state index is 5.53. The molecule has 1 nitrogen and oxygen atoms in total. The molecule has 0 atom stereocenters. The van der Waals surface area contributed by atoms with Crippen molar-refractivity contribution in [1.29, 1.82) is 0 Å². The second kappa shape index (κ2) is 2.67. The van der Waals surface area contributed by atoms with E-state index in [1.807, 2.05) is 0 Å². The van der Waals surface area contributed by atoms with E-state index in [1.165, 1.54) is 6.26 Å². The molecule has 44 valence electrons. The highest BCUT2D eigenvalue weighted by Gasteiger charge is 2.03. The topological polar surface area (TPSA) is 9.23 Å². The zero-order valence-electron chi connectivity index (χ0n) is 3.73. The molecule has 0 fully saturated rings. The molecule has 0 bridgehead atoms. The molecule has 0 aliphatic carbocycles. The van der Waals surface area contributed by atoms with E-state index in [-0.39, 0.29) is 0 Å². The smallest absolute Gasteiger partial charge is 0.132 e. The van der Waals surface area contributed by atoms with Gasteiger partial charge in [-0.15, -0.1) is 0 Å². The predicted molar refractivity (Wildman–Crippen MR) is 36.5 cm³/mol. The van der Waals surface area contributed by atoms with Gasteiger partial charge in [-0.3, -0.25) is 0 Å². The minimum atomic E-state index is 0.481. The Morgan fingerprint density at radius 2 is 2.25 bits per heavy atom. The fraction of sp³-hybridized carbons (Fsp3) is 0. The molecule has 0 unspecified atom stereocenters. The third-order valence-corrected chi connectivity index (χ3v) is 2.07. The van der Waals surface area contributed by atoms with Crippen LogP contribution in [0.1, 0.15) is 0 Å². The van der Waals surface area contributed by atoms with Crippen LogP contribution >= 0.6 is 35.2 Å². The molecule has 0 aromatic rings. The third kappa shape index (κ3) is 1.34. The van der Waals surface area contributed by atoms with Crippen LogP contribution in [0, 0.1) is 0 Å². The molecule has 0 saturated carbocycles. The van der Waals surface area contributed by atoms with Crippen molar-refractivity contribution in [2.24, 2.45) is 0 Å². The molecule has 0 amide bonds. The van der Waals surface area contributed by atoms with Crippen molar-refractivity contribution in [2.45, 2.75) is 0 Å². The van der Waals surface area contributed by atoms with E-state index < -0.39 is 0 Å². The summed E-state index contributed by atoms with van der Waals surface area (Å²) >= 11 is 12.1. The number of allylic oxidation sites excluding steroid dienone is 2. The van der Waals surface area contributed by atoms with Gasteiger partial charge in [0.25, 0.3) is 0 Å². The number of hydrogen-bond acceptors (Lipinski definition) is 2. The van der Waals surface area contributed by atoms with E-state index in [1.54, 1.807) is 6.08 Å². The van der Waals surface area contributed by atoms with E-state index in [4.69, 9.17) is 27.4 Å². The van der Waals surface area contributed by atoms with Gasteiger partial charge in [0, 0.05) is 0 Å². The predicted octanol–water partition coefficient (Wildman–Crippen LogP) is 2.83. The molecular weight excluding hydrogens is 167 g/mol. The van der Waals surface area contributed by atoms with Gasteiger partial charge >= 0.3 is 0 Å². The SMILES string of the molecule is ClC1=C(Cl)SOC=C1. The van der Waals surface area contributed by atoms with Gasteiger partial charge in [0.05, 0.1) is 5.03 Å². The molecule has 8 heavy (non-hydrogen) atoms. The van der Waals surface area contributed by atoms with Crippen molar-refractivity contribution in [3.05, 3.63) is 21.7 Å². The summed E-state index contributed by atoms with van der Waals surface area (Å²) in [5.41, 5.74) is 0. The minimum Gasteiger partial charge on any atom is -0.427 e. The van der Waals surface area contributed by atoms with Crippen LogP contribution in [0.5, 0.6) is 0 Å². The van der Waals surface area contributed by atoms with E-state index in [0.717, 1.165) is 12.0 Å². The normalized spacial score (nSPS) is 18.8. The van der Waals surface area contributed by atoms with Gasteiger partial charge in [-0.25, -0.2) is 0 Å². The molecule has 0 saturated heterocycles. The van der Waals surface area contributed by atoms with E-state index in [9.17, 15) is 0 Å². The van der Waals surface area contributed by atoms with Crippen molar-refractivity contribution >= 4 is 35.2 Å². The van der Waals surface area contributed by atoms with E-state index in [2.05, 4.69) is 0 Å². The summed E-state index contributed by atoms with van der Waals surface area (Å²) < 4.78 is 5.19. The van der Waals surface area contributed by atoms with Crippen molar-refractivity contribution in [3.63, 3.8) is 0 Å². The average molecular weight is 169 g/mol. The number of halogens is 2. The Kier molecular flexibility index (Phi) is 2.11. The lowest BCUT2D eigenvalue weighted by atomic mass is 10.6. The average Bonchev–Trinajstić information content (AvgIpc) is 1.77. The van der Waals surface area contributed by atoms with Gasteiger partial charge in [0.2, 0.25) is 0 Å². The molecule has 4 heteroatoms. The van der Waals surface area contributed by atoms with Gasteiger partial charge in [-0.05, 0) is 6.08 Å². The van der Waals surface area contributed by atoms with E-state index >= 15 is 0 Å². The minimum absolute atomic E-state index is 0.481. The Morgan fingerprint density at radius 1 is 1.50 bits per heavy atom. The van der Waals surface area contributed by atoms with Gasteiger partial charge in [-0.2, -0.15) is 0 Å². The number of hydrogen-bond donors (Lipinski definition) is 0. The number of rotatable bonds is 0. The Hall–Kier alpha value is 0.210. The van der Waals surface area contributed by atoms with Crippen LogP contribution in [0.25, 0.3) is 0 Å². The largest absolute Gasteiger partial charge is 0.427 e. The summed E-state index contributed by atoms with van der Waals surface area (Å²) in [7, 11) is 0. The summed E-state index contributed by atoms with van der Waals surface area (Å²) in [5.74, 6) is 0. The molecule has 1 aliphatic heterocycles. The first-order chi connectivity index (χ1) is 3.80. The Bertz CT molecular complexity index is 152. The molecule has 0 aromatic carbocycles. The Labute approximate surface area is 61.5 Å². The first-order valence-corrected chi connectivity index (χ1v) is 3.35. The van der Waals surface area contributed by atoms with Crippen LogP contribution in [0.2, 0.25) is 0 Å². The first-order valence-electron chi connectivity index (χ1n) is 1.86. The second-order valence-electron chi connectivity index (χ2n) is 1.10. The second-order valence-corrected chi connectivity index (χ2v) is 2.88. The van der Waals surface area contributed by atoms with Gasteiger partial charge in [-0.1, -0.05) is 23.2 Å². The third-order valence-electron chi connectivity index (χ3n) is 0.579. The van der Waals surface area contributed by atoms with Crippen molar-refractivity contribution in [3.8, 4) is 0 Å². The highest BCUT2D eigenvalue weighted by atomic mass is 35.5. The van der Waals surface area contributed by atoms with Crippen LogP contribution < -0.4 is 0 Å². The highest BCUT2D eigenvalue weighted by Crippen LogP contribution is 2.31. The molecule has 0 spiro atoms. The summed E-state index contributed by atoms with van der Waals surface area (Å²) in [6.07, 6.45) is 3.08. The van der Waals surface area contributed by atoms with E-state index in [0.29, 0.717) is 9.40 Å². The van der Waals surface area contributed by atoms with Gasteiger partial charge in [0.15, 0.2) is 0 Å². The fourth-order valence-corrected chi connectivity index (χ4v) is 0.924. The molecule has 1 heterocycles. The van der Waals surface area contributed by atoms with Gasteiger partial charge < -0.3 is 4.18 Å². The quantitative estimate of drug-likeness (QED) is 0.515. The van der Waals surface area contributed by atoms with Crippen molar-refractivity contribution in [1.82, 2.24) is 0 Å². The fourth-order valence-electron chi connectivity index (χ4n) is 0.263. The maximum Gasteiger partial charge on any atom is 0.132 e. The van der Waals surface area contributed by atoms with Crippen LogP contribution in [-0.4, -0.2) is 0 Å². The lowest BCUT2D eigenvalue weighted by Crippen LogP contribution is -1.76. The zero-order chi connectivity index (χ0) is 5.98. The van der Waals surface area contributed by atoms with Crippen LogP contribution in [-0.2, 0) is 4.18 Å². The van der Waals surface area contributed by atoms with Crippen LogP contribution in [0.15, 0.2) is 21.7 Å². The molecule has 1 aliphatic rings. The lowest BCUT2D eigenvalue weighted by molar-refractivity contribution is 0.568. The standard InChI is InChI=1S/C4H2Cl2OS/c5-3-1-2-7-8-4(3)6/h1-2H. The van der Waals surface area contributed by atoms with Crippen molar-refractivity contribution < 1.29 is 4.18 Å². The first kappa shape index (κ1) is 6.33. The molecular formula is C4H2Cl2OS. The molecule has 0 radical (unpaired) electrons.